The molecule has 1 aromatic heterocycles. The van der Waals surface area contributed by atoms with Crippen LogP contribution < -0.4 is 9.80 Å². The molecule has 0 N–H and O–H groups in total. The molecular formula is C21H27N5O2. The van der Waals surface area contributed by atoms with Gasteiger partial charge in [-0.1, -0.05) is 6.07 Å². The fourth-order valence-electron chi connectivity index (χ4n) is 3.67. The van der Waals surface area contributed by atoms with Gasteiger partial charge in [0.25, 0.3) is 5.91 Å². The van der Waals surface area contributed by atoms with Gasteiger partial charge in [0.2, 0.25) is 0 Å². The Hall–Kier alpha value is -2.67. The number of ether oxygens (including phenoxy) is 1. The van der Waals surface area contributed by atoms with Crippen LogP contribution in [0.4, 0.5) is 11.6 Å². The Morgan fingerprint density at radius 2 is 1.50 bits per heavy atom. The van der Waals surface area contributed by atoms with Gasteiger partial charge >= 0.3 is 0 Å². The Balaban J connectivity index is 1.40. The van der Waals surface area contributed by atoms with Crippen molar-refractivity contribution in [3.63, 3.8) is 0 Å². The molecule has 2 aromatic rings. The van der Waals surface area contributed by atoms with Crippen LogP contribution in [0.3, 0.4) is 0 Å². The summed E-state index contributed by atoms with van der Waals surface area (Å²) in [6.07, 6.45) is 1.63. The van der Waals surface area contributed by atoms with Crippen LogP contribution in [0.1, 0.15) is 21.5 Å². The molecule has 1 amide bonds. The van der Waals surface area contributed by atoms with Gasteiger partial charge in [0.05, 0.1) is 13.2 Å². The molecule has 148 valence electrons. The summed E-state index contributed by atoms with van der Waals surface area (Å²) in [6.45, 7) is 10.2. The number of amides is 1. The summed E-state index contributed by atoms with van der Waals surface area (Å²) in [6, 6.07) is 7.98. The van der Waals surface area contributed by atoms with Crippen molar-refractivity contribution in [2.75, 3.05) is 62.3 Å². The molecule has 0 unspecified atom stereocenters. The Kier molecular flexibility index (Phi) is 5.43. The summed E-state index contributed by atoms with van der Waals surface area (Å²) in [5, 5.41) is 0. The zero-order valence-electron chi connectivity index (χ0n) is 16.6. The maximum absolute atomic E-state index is 12.8. The average Bonchev–Trinajstić information content (AvgIpc) is 2.76. The molecule has 1 aromatic carbocycles. The summed E-state index contributed by atoms with van der Waals surface area (Å²) in [5.41, 5.74) is 3.13. The molecule has 0 radical (unpaired) electrons. The van der Waals surface area contributed by atoms with Gasteiger partial charge < -0.3 is 19.4 Å². The van der Waals surface area contributed by atoms with Gasteiger partial charge in [-0.05, 0) is 37.1 Å². The topological polar surface area (TPSA) is 61.8 Å². The van der Waals surface area contributed by atoms with Crippen molar-refractivity contribution in [2.24, 2.45) is 0 Å². The fourth-order valence-corrected chi connectivity index (χ4v) is 3.67. The fraction of sp³-hybridized carbons (Fsp3) is 0.476. The van der Waals surface area contributed by atoms with Crippen LogP contribution in [0.15, 0.2) is 30.6 Å². The quantitative estimate of drug-likeness (QED) is 0.809. The third-order valence-corrected chi connectivity index (χ3v) is 5.62. The van der Waals surface area contributed by atoms with Crippen LogP contribution in [0.5, 0.6) is 0 Å². The number of benzene rings is 1. The zero-order chi connectivity index (χ0) is 19.5. The van der Waals surface area contributed by atoms with Gasteiger partial charge in [-0.25, -0.2) is 9.97 Å². The number of carbonyl (C=O) groups is 1. The summed E-state index contributed by atoms with van der Waals surface area (Å²) < 4.78 is 5.42. The Labute approximate surface area is 165 Å². The van der Waals surface area contributed by atoms with Crippen LogP contribution in [0.25, 0.3) is 0 Å². The van der Waals surface area contributed by atoms with E-state index >= 15 is 0 Å². The molecule has 2 saturated heterocycles. The second-order valence-electron chi connectivity index (χ2n) is 7.41. The number of carbonyl (C=O) groups excluding carboxylic acids is 1. The molecule has 7 nitrogen and oxygen atoms in total. The number of anilines is 2. The summed E-state index contributed by atoms with van der Waals surface area (Å²) in [4.78, 5) is 28.1. The lowest BCUT2D eigenvalue weighted by molar-refractivity contribution is 0.0746. The maximum atomic E-state index is 12.8. The van der Waals surface area contributed by atoms with E-state index < -0.39 is 0 Å². The molecule has 0 spiro atoms. The molecule has 28 heavy (non-hydrogen) atoms. The van der Waals surface area contributed by atoms with E-state index in [-0.39, 0.29) is 5.91 Å². The van der Waals surface area contributed by atoms with E-state index in [1.807, 2.05) is 36.1 Å². The first-order chi connectivity index (χ1) is 13.6. The van der Waals surface area contributed by atoms with Crippen molar-refractivity contribution < 1.29 is 9.53 Å². The highest BCUT2D eigenvalue weighted by Crippen LogP contribution is 2.21. The van der Waals surface area contributed by atoms with Gasteiger partial charge in [-0.3, -0.25) is 4.79 Å². The molecule has 0 atom stereocenters. The lowest BCUT2D eigenvalue weighted by atomic mass is 10.1. The van der Waals surface area contributed by atoms with Crippen molar-refractivity contribution in [3.05, 3.63) is 47.3 Å². The molecule has 0 saturated carbocycles. The molecule has 0 bridgehead atoms. The summed E-state index contributed by atoms with van der Waals surface area (Å²) >= 11 is 0. The number of morpholine rings is 1. The van der Waals surface area contributed by atoms with Crippen LogP contribution in [-0.4, -0.2) is 73.3 Å². The zero-order valence-corrected chi connectivity index (χ0v) is 16.6. The second kappa shape index (κ2) is 8.14. The Morgan fingerprint density at radius 3 is 2.14 bits per heavy atom. The SMILES string of the molecule is Cc1ccc(C(=O)N2CCN(c3cc(N4CCOCC4)ncn3)CC2)cc1C. The largest absolute Gasteiger partial charge is 0.378 e. The first-order valence-electron chi connectivity index (χ1n) is 9.88. The summed E-state index contributed by atoms with van der Waals surface area (Å²) in [5.74, 6) is 1.98. The molecule has 4 rings (SSSR count). The number of piperazine rings is 1. The number of nitrogens with zero attached hydrogens (tertiary/aromatic N) is 5. The first-order valence-corrected chi connectivity index (χ1v) is 9.88. The molecule has 2 aliphatic rings. The number of hydrogen-bond acceptors (Lipinski definition) is 6. The number of aromatic nitrogens is 2. The molecular weight excluding hydrogens is 354 g/mol. The number of hydrogen-bond donors (Lipinski definition) is 0. The van der Waals surface area contributed by atoms with Gasteiger partial charge in [-0.15, -0.1) is 0 Å². The lowest BCUT2D eigenvalue weighted by Gasteiger charge is -2.36. The van der Waals surface area contributed by atoms with Crippen LogP contribution in [0, 0.1) is 13.8 Å². The molecule has 7 heteroatoms. The van der Waals surface area contributed by atoms with Crippen molar-refractivity contribution in [2.45, 2.75) is 13.8 Å². The molecule has 2 aliphatic heterocycles. The summed E-state index contributed by atoms with van der Waals surface area (Å²) in [7, 11) is 0. The van der Waals surface area contributed by atoms with Crippen LogP contribution in [-0.2, 0) is 4.74 Å². The van der Waals surface area contributed by atoms with E-state index in [1.165, 1.54) is 5.56 Å². The number of aryl methyl sites for hydroxylation is 2. The first kappa shape index (κ1) is 18.7. The Bertz CT molecular complexity index is 842. The van der Waals surface area contributed by atoms with Gasteiger partial charge in [-0.2, -0.15) is 0 Å². The van der Waals surface area contributed by atoms with Crippen molar-refractivity contribution in [3.8, 4) is 0 Å². The lowest BCUT2D eigenvalue weighted by Crippen LogP contribution is -2.49. The highest BCUT2D eigenvalue weighted by molar-refractivity contribution is 5.94. The second-order valence-corrected chi connectivity index (χ2v) is 7.41. The minimum atomic E-state index is 0.111. The Morgan fingerprint density at radius 1 is 0.857 bits per heavy atom. The molecule has 3 heterocycles. The van der Waals surface area contributed by atoms with E-state index in [1.54, 1.807) is 6.33 Å². The average molecular weight is 381 g/mol. The van der Waals surface area contributed by atoms with Gasteiger partial charge in [0.1, 0.15) is 18.0 Å². The predicted molar refractivity (Wildman–Crippen MR) is 109 cm³/mol. The van der Waals surface area contributed by atoms with Crippen LogP contribution >= 0.6 is 0 Å². The third kappa shape index (κ3) is 3.94. The van der Waals surface area contributed by atoms with Gasteiger partial charge in [0, 0.05) is 50.9 Å². The highest BCUT2D eigenvalue weighted by Gasteiger charge is 2.24. The minimum Gasteiger partial charge on any atom is -0.378 e. The van der Waals surface area contributed by atoms with E-state index in [2.05, 4.69) is 26.7 Å². The monoisotopic (exact) mass is 381 g/mol. The van der Waals surface area contributed by atoms with E-state index in [9.17, 15) is 4.79 Å². The van der Waals surface area contributed by atoms with E-state index in [0.717, 1.165) is 62.2 Å². The smallest absolute Gasteiger partial charge is 0.253 e. The third-order valence-electron chi connectivity index (χ3n) is 5.62. The number of rotatable bonds is 3. The normalized spacial score (nSPS) is 17.7. The van der Waals surface area contributed by atoms with Crippen LogP contribution in [0.2, 0.25) is 0 Å². The molecule has 2 fully saturated rings. The van der Waals surface area contributed by atoms with Crippen molar-refractivity contribution in [1.29, 1.82) is 0 Å². The van der Waals surface area contributed by atoms with Crippen molar-refractivity contribution in [1.82, 2.24) is 14.9 Å². The minimum absolute atomic E-state index is 0.111. The van der Waals surface area contributed by atoms with E-state index in [4.69, 9.17) is 4.74 Å². The van der Waals surface area contributed by atoms with E-state index in [0.29, 0.717) is 13.1 Å². The highest BCUT2D eigenvalue weighted by atomic mass is 16.5. The molecule has 0 aliphatic carbocycles. The standard InChI is InChI=1S/C21H27N5O2/c1-16-3-4-18(13-17(16)2)21(27)26-7-5-24(6-8-26)19-14-20(23-15-22-19)25-9-11-28-12-10-25/h3-4,13-15H,5-12H2,1-2H3. The van der Waals surface area contributed by atoms with Crippen molar-refractivity contribution >= 4 is 17.5 Å². The maximum Gasteiger partial charge on any atom is 0.253 e. The predicted octanol–water partition coefficient (Wildman–Crippen LogP) is 1.89. The van der Waals surface area contributed by atoms with Gasteiger partial charge in [0.15, 0.2) is 0 Å².